The van der Waals surface area contributed by atoms with Crippen molar-refractivity contribution in [3.63, 3.8) is 0 Å². The number of hydrogen-bond donors (Lipinski definition) is 1. The van der Waals surface area contributed by atoms with Crippen LogP contribution in [0.15, 0.2) is 72.8 Å². The number of hydrogen-bond acceptors (Lipinski definition) is 1. The van der Waals surface area contributed by atoms with E-state index in [1.165, 1.54) is 22.3 Å². The Morgan fingerprint density at radius 1 is 0.815 bits per heavy atom. The summed E-state index contributed by atoms with van der Waals surface area (Å²) in [6.45, 7) is 0.969. The topological polar surface area (TPSA) is 12.0 Å². The van der Waals surface area contributed by atoms with E-state index in [1.54, 1.807) is 0 Å². The van der Waals surface area contributed by atoms with Crippen LogP contribution in [0.25, 0.3) is 0 Å². The van der Waals surface area contributed by atoms with Crippen LogP contribution in [-0.4, -0.2) is 6.54 Å². The summed E-state index contributed by atoms with van der Waals surface area (Å²) in [5.74, 6) is 0.357. The molecule has 0 spiro atoms. The summed E-state index contributed by atoms with van der Waals surface area (Å²) in [6.07, 6.45) is 2.09. The van der Waals surface area contributed by atoms with Crippen molar-refractivity contribution < 1.29 is 0 Å². The predicted octanol–water partition coefficient (Wildman–Crippen LogP) is 6.82. The summed E-state index contributed by atoms with van der Waals surface area (Å²) in [5.41, 5.74) is 5.39. The molecular weight excluding hydrogens is 397 g/mol. The monoisotopic (exact) mass is 417 g/mol. The average Bonchev–Trinajstić information content (AvgIpc) is 3.04. The zero-order valence-electron chi connectivity index (χ0n) is 14.9. The van der Waals surface area contributed by atoms with Crippen LogP contribution >= 0.6 is 35.6 Å². The van der Waals surface area contributed by atoms with E-state index in [0.717, 1.165) is 19.4 Å². The van der Waals surface area contributed by atoms with Gasteiger partial charge in [0.2, 0.25) is 0 Å². The van der Waals surface area contributed by atoms with E-state index in [1.807, 2.05) is 12.1 Å². The zero-order valence-corrected chi connectivity index (χ0v) is 17.2. The lowest BCUT2D eigenvalue weighted by Crippen LogP contribution is -2.22. The zero-order chi connectivity index (χ0) is 17.9. The number of benzene rings is 3. The summed E-state index contributed by atoms with van der Waals surface area (Å²) in [5, 5.41) is 4.99. The molecule has 27 heavy (non-hydrogen) atoms. The van der Waals surface area contributed by atoms with Gasteiger partial charge in [0, 0.05) is 12.0 Å². The van der Waals surface area contributed by atoms with Gasteiger partial charge in [0.05, 0.1) is 10.0 Å². The second-order valence-electron chi connectivity index (χ2n) is 6.83. The summed E-state index contributed by atoms with van der Waals surface area (Å²) in [7, 11) is 0. The maximum absolute atomic E-state index is 6.26. The van der Waals surface area contributed by atoms with Crippen molar-refractivity contribution in [2.24, 2.45) is 0 Å². The van der Waals surface area contributed by atoms with Gasteiger partial charge in [0.25, 0.3) is 0 Å². The molecule has 0 saturated heterocycles. The molecule has 0 bridgehead atoms. The predicted molar refractivity (Wildman–Crippen MR) is 118 cm³/mol. The van der Waals surface area contributed by atoms with Crippen molar-refractivity contribution in [1.29, 1.82) is 0 Å². The Kier molecular flexibility index (Phi) is 6.83. The smallest absolute Gasteiger partial charge is 0.0595 e. The van der Waals surface area contributed by atoms with Crippen LogP contribution in [0.3, 0.4) is 0 Å². The fourth-order valence-corrected chi connectivity index (χ4v) is 4.22. The minimum absolute atomic E-state index is 0. The van der Waals surface area contributed by atoms with Crippen LogP contribution in [0.1, 0.15) is 40.6 Å². The number of fused-ring (bicyclic) bond motifs is 1. The van der Waals surface area contributed by atoms with Crippen molar-refractivity contribution in [1.82, 2.24) is 5.32 Å². The second-order valence-corrected chi connectivity index (χ2v) is 7.65. The number of nitrogens with one attached hydrogen (secondary N) is 1. The molecule has 1 nitrogen and oxygen atoms in total. The third kappa shape index (κ3) is 4.50. The number of halogens is 3. The molecule has 1 N–H and O–H groups in total. The van der Waals surface area contributed by atoms with Crippen LogP contribution < -0.4 is 5.32 Å². The van der Waals surface area contributed by atoms with E-state index in [4.69, 9.17) is 23.2 Å². The van der Waals surface area contributed by atoms with Crippen LogP contribution in [0.2, 0.25) is 10.0 Å². The standard InChI is InChI=1S/C23H21Cl2N.ClH/c24-21-11-10-17(14-22(21)25)20-15-23(19-9-5-4-8-18(19)20)26-13-12-16-6-2-1-3-7-16;/h1-11,14,20,23,26H,12-13,15H2;1H. The first-order valence-corrected chi connectivity index (χ1v) is 9.79. The van der Waals surface area contributed by atoms with Crippen molar-refractivity contribution in [2.75, 3.05) is 6.54 Å². The Morgan fingerprint density at radius 2 is 1.52 bits per heavy atom. The molecular formula is C23H22Cl3N. The molecule has 2 unspecified atom stereocenters. The van der Waals surface area contributed by atoms with Gasteiger partial charge in [-0.25, -0.2) is 0 Å². The molecule has 0 fully saturated rings. The van der Waals surface area contributed by atoms with Crippen LogP contribution in [0, 0.1) is 0 Å². The SMILES string of the molecule is Cl.Clc1ccc(C2CC(NCCc3ccccc3)c3ccccc32)cc1Cl. The minimum Gasteiger partial charge on any atom is -0.310 e. The highest BCUT2D eigenvalue weighted by Gasteiger charge is 2.31. The van der Waals surface area contributed by atoms with E-state index in [2.05, 4.69) is 66.0 Å². The van der Waals surface area contributed by atoms with Crippen molar-refractivity contribution >= 4 is 35.6 Å². The molecule has 1 aliphatic rings. The van der Waals surface area contributed by atoms with Gasteiger partial charge in [0.1, 0.15) is 0 Å². The highest BCUT2D eigenvalue weighted by atomic mass is 35.5. The van der Waals surface area contributed by atoms with E-state index < -0.39 is 0 Å². The molecule has 3 aromatic carbocycles. The van der Waals surface area contributed by atoms with Gasteiger partial charge in [-0.05, 0) is 53.8 Å². The van der Waals surface area contributed by atoms with E-state index in [0.29, 0.717) is 22.0 Å². The van der Waals surface area contributed by atoms with Gasteiger partial charge in [-0.1, -0.05) is 83.9 Å². The molecule has 0 heterocycles. The van der Waals surface area contributed by atoms with E-state index in [9.17, 15) is 0 Å². The largest absolute Gasteiger partial charge is 0.310 e. The Morgan fingerprint density at radius 3 is 2.26 bits per heavy atom. The normalized spacial score (nSPS) is 18.0. The van der Waals surface area contributed by atoms with Crippen molar-refractivity contribution in [3.05, 3.63) is 105 Å². The maximum atomic E-state index is 6.26. The first-order chi connectivity index (χ1) is 12.7. The molecule has 140 valence electrons. The summed E-state index contributed by atoms with van der Waals surface area (Å²) in [6, 6.07) is 25.7. The summed E-state index contributed by atoms with van der Waals surface area (Å²) < 4.78 is 0. The van der Waals surface area contributed by atoms with Gasteiger partial charge >= 0.3 is 0 Å². The van der Waals surface area contributed by atoms with E-state index in [-0.39, 0.29) is 12.4 Å². The van der Waals surface area contributed by atoms with Crippen molar-refractivity contribution in [3.8, 4) is 0 Å². The maximum Gasteiger partial charge on any atom is 0.0595 e. The molecule has 0 amide bonds. The molecule has 0 saturated carbocycles. The fraction of sp³-hybridized carbons (Fsp3) is 0.217. The van der Waals surface area contributed by atoms with Crippen LogP contribution in [-0.2, 0) is 6.42 Å². The highest BCUT2D eigenvalue weighted by molar-refractivity contribution is 6.42. The Bertz CT molecular complexity index is 895. The minimum atomic E-state index is 0. The van der Waals surface area contributed by atoms with Gasteiger partial charge in [-0.15, -0.1) is 12.4 Å². The fourth-order valence-electron chi connectivity index (χ4n) is 3.91. The van der Waals surface area contributed by atoms with Crippen LogP contribution in [0.5, 0.6) is 0 Å². The Hall–Kier alpha value is -1.51. The van der Waals surface area contributed by atoms with Gasteiger partial charge in [-0.3, -0.25) is 0 Å². The number of rotatable bonds is 5. The van der Waals surface area contributed by atoms with Crippen molar-refractivity contribution in [2.45, 2.75) is 24.8 Å². The van der Waals surface area contributed by atoms with Gasteiger partial charge < -0.3 is 5.32 Å². The molecule has 0 radical (unpaired) electrons. The van der Waals surface area contributed by atoms with Gasteiger partial charge in [-0.2, -0.15) is 0 Å². The molecule has 4 heteroatoms. The Labute approximate surface area is 177 Å². The lowest BCUT2D eigenvalue weighted by Gasteiger charge is -2.15. The highest BCUT2D eigenvalue weighted by Crippen LogP contribution is 2.44. The lowest BCUT2D eigenvalue weighted by molar-refractivity contribution is 0.516. The lowest BCUT2D eigenvalue weighted by atomic mass is 9.93. The quantitative estimate of drug-likeness (QED) is 0.479. The molecule has 4 rings (SSSR count). The molecule has 0 aliphatic heterocycles. The Balaban J connectivity index is 0.00000210. The average molecular weight is 419 g/mol. The second kappa shape index (κ2) is 9.12. The molecule has 0 aromatic heterocycles. The third-order valence-corrected chi connectivity index (χ3v) is 5.95. The summed E-state index contributed by atoms with van der Waals surface area (Å²) >= 11 is 12.4. The summed E-state index contributed by atoms with van der Waals surface area (Å²) in [4.78, 5) is 0. The first-order valence-electron chi connectivity index (χ1n) is 9.03. The third-order valence-electron chi connectivity index (χ3n) is 5.21. The first kappa shape index (κ1) is 20.2. The molecule has 1 aliphatic carbocycles. The molecule has 3 aromatic rings. The molecule has 2 atom stereocenters. The van der Waals surface area contributed by atoms with Gasteiger partial charge in [0.15, 0.2) is 0 Å². The van der Waals surface area contributed by atoms with Crippen LogP contribution in [0.4, 0.5) is 0 Å². The van der Waals surface area contributed by atoms with E-state index >= 15 is 0 Å².